The maximum atomic E-state index is 5.38. The molecule has 1 rings (SSSR count). The zero-order chi connectivity index (χ0) is 9.68. The second-order valence-corrected chi connectivity index (χ2v) is 2.97. The van der Waals surface area contributed by atoms with Crippen LogP contribution < -0.4 is 10.6 Å². The van der Waals surface area contributed by atoms with E-state index in [1.165, 1.54) is 11.1 Å². The summed E-state index contributed by atoms with van der Waals surface area (Å²) in [7, 11) is 0. The number of benzene rings is 1. The van der Waals surface area contributed by atoms with E-state index >= 15 is 0 Å². The molecule has 1 aromatic carbocycles. The van der Waals surface area contributed by atoms with Crippen LogP contribution >= 0.6 is 0 Å². The average Bonchev–Trinajstić information content (AvgIpc) is 2.12. The number of nitrogens with two attached hydrogens (primary N) is 1. The van der Waals surface area contributed by atoms with Crippen molar-refractivity contribution in [1.29, 1.82) is 0 Å². The average molecular weight is 181 g/mol. The van der Waals surface area contributed by atoms with E-state index in [2.05, 4.69) is 18.7 Å². The van der Waals surface area contributed by atoms with Crippen LogP contribution in [0.2, 0.25) is 0 Å². The summed E-state index contributed by atoms with van der Waals surface area (Å²) in [5.74, 6) is 5.73. The van der Waals surface area contributed by atoms with E-state index in [-0.39, 0.29) is 0 Å². The fourth-order valence-corrected chi connectivity index (χ4v) is 1.01. The van der Waals surface area contributed by atoms with E-state index in [1.54, 1.807) is 0 Å². The third kappa shape index (κ3) is 3.05. The van der Waals surface area contributed by atoms with E-state index in [9.17, 15) is 0 Å². The van der Waals surface area contributed by atoms with Gasteiger partial charge in [-0.1, -0.05) is 6.07 Å². The molecule has 0 saturated heterocycles. The molecule has 3 nitrogen and oxygen atoms in total. The fourth-order valence-electron chi connectivity index (χ4n) is 1.01. The predicted molar refractivity (Wildman–Crippen MR) is 51.6 cm³/mol. The zero-order valence-electron chi connectivity index (χ0n) is 8.04. The molecule has 0 aliphatic rings. The van der Waals surface area contributed by atoms with Crippen LogP contribution in [0.4, 0.5) is 0 Å². The number of rotatable bonds is 4. The lowest BCUT2D eigenvalue weighted by Crippen LogP contribution is -2.10. The molecule has 0 aromatic heterocycles. The highest BCUT2D eigenvalue weighted by atomic mass is 16.6. The fraction of sp³-hybridized carbons (Fsp3) is 0.400. The van der Waals surface area contributed by atoms with Crippen molar-refractivity contribution < 1.29 is 9.57 Å². The maximum absolute atomic E-state index is 5.38. The highest BCUT2D eigenvalue weighted by Gasteiger charge is 1.96. The van der Waals surface area contributed by atoms with Crippen LogP contribution in [0.1, 0.15) is 11.1 Å². The molecule has 0 radical (unpaired) electrons. The first-order valence-electron chi connectivity index (χ1n) is 4.26. The lowest BCUT2D eigenvalue weighted by Gasteiger charge is -2.07. The highest BCUT2D eigenvalue weighted by Crippen LogP contribution is 2.15. The van der Waals surface area contributed by atoms with Crippen molar-refractivity contribution in [1.82, 2.24) is 0 Å². The second kappa shape index (κ2) is 4.84. The van der Waals surface area contributed by atoms with Gasteiger partial charge in [-0.25, -0.2) is 5.90 Å². The number of hydrogen-bond acceptors (Lipinski definition) is 3. The van der Waals surface area contributed by atoms with Gasteiger partial charge in [0.15, 0.2) is 0 Å². The van der Waals surface area contributed by atoms with Gasteiger partial charge in [-0.2, -0.15) is 0 Å². The van der Waals surface area contributed by atoms with Crippen LogP contribution in [-0.4, -0.2) is 13.2 Å². The van der Waals surface area contributed by atoms with Gasteiger partial charge in [0.05, 0.1) is 0 Å². The molecule has 13 heavy (non-hydrogen) atoms. The molecule has 0 bridgehead atoms. The molecule has 0 aliphatic heterocycles. The molecule has 0 spiro atoms. The van der Waals surface area contributed by atoms with Crippen molar-refractivity contribution >= 4 is 0 Å². The largest absolute Gasteiger partial charge is 0.491 e. The number of hydrogen-bond donors (Lipinski definition) is 1. The summed E-state index contributed by atoms with van der Waals surface area (Å²) in [6.07, 6.45) is 0. The monoisotopic (exact) mass is 181 g/mol. The van der Waals surface area contributed by atoms with Gasteiger partial charge < -0.3 is 9.57 Å². The summed E-state index contributed by atoms with van der Waals surface area (Å²) < 4.78 is 5.38. The topological polar surface area (TPSA) is 44.5 Å². The lowest BCUT2D eigenvalue weighted by atomic mass is 10.1. The second-order valence-electron chi connectivity index (χ2n) is 2.97. The normalized spacial score (nSPS) is 10.1. The molecule has 0 aliphatic carbocycles. The Balaban J connectivity index is 2.53. The molecule has 0 saturated carbocycles. The Morgan fingerprint density at radius 2 is 1.92 bits per heavy atom. The van der Waals surface area contributed by atoms with Crippen LogP contribution in [0, 0.1) is 13.8 Å². The van der Waals surface area contributed by atoms with Crippen molar-refractivity contribution in [3.8, 4) is 5.75 Å². The summed E-state index contributed by atoms with van der Waals surface area (Å²) in [4.78, 5) is 4.39. The van der Waals surface area contributed by atoms with Crippen LogP contribution in [0.25, 0.3) is 0 Å². The van der Waals surface area contributed by atoms with Gasteiger partial charge in [0, 0.05) is 0 Å². The van der Waals surface area contributed by atoms with Gasteiger partial charge >= 0.3 is 0 Å². The molecule has 0 heterocycles. The standard InChI is InChI=1S/C10H15NO2/c1-8-3-4-10(7-9(8)2)12-5-6-13-11/h3-4,7H,5-6,11H2,1-2H3. The van der Waals surface area contributed by atoms with Gasteiger partial charge in [0.1, 0.15) is 19.0 Å². The Labute approximate surface area is 78.4 Å². The molecule has 1 aromatic rings. The quantitative estimate of drug-likeness (QED) is 0.566. The molecule has 0 fully saturated rings. The minimum absolute atomic E-state index is 0.410. The summed E-state index contributed by atoms with van der Waals surface area (Å²) in [6.45, 7) is 5.02. The lowest BCUT2D eigenvalue weighted by molar-refractivity contribution is 0.102. The van der Waals surface area contributed by atoms with E-state index in [1.807, 2.05) is 18.2 Å². The molecular formula is C10H15NO2. The third-order valence-electron chi connectivity index (χ3n) is 1.95. The first-order valence-corrected chi connectivity index (χ1v) is 4.26. The predicted octanol–water partition coefficient (Wildman–Crippen LogP) is 1.57. The maximum Gasteiger partial charge on any atom is 0.119 e. The van der Waals surface area contributed by atoms with E-state index < -0.39 is 0 Å². The summed E-state index contributed by atoms with van der Waals surface area (Å²) in [5.41, 5.74) is 2.49. The first-order chi connectivity index (χ1) is 6.24. The van der Waals surface area contributed by atoms with Crippen molar-refractivity contribution in [2.45, 2.75) is 13.8 Å². The third-order valence-corrected chi connectivity index (χ3v) is 1.95. The molecule has 72 valence electrons. The summed E-state index contributed by atoms with van der Waals surface area (Å²) in [5, 5.41) is 0. The highest BCUT2D eigenvalue weighted by molar-refractivity contribution is 5.33. The molecule has 2 N–H and O–H groups in total. The van der Waals surface area contributed by atoms with Crippen LogP contribution in [0.15, 0.2) is 18.2 Å². The van der Waals surface area contributed by atoms with Gasteiger partial charge in [-0.05, 0) is 37.1 Å². The van der Waals surface area contributed by atoms with Crippen LogP contribution in [-0.2, 0) is 4.84 Å². The van der Waals surface area contributed by atoms with Crippen LogP contribution in [0.3, 0.4) is 0 Å². The minimum atomic E-state index is 0.410. The van der Waals surface area contributed by atoms with Crippen molar-refractivity contribution in [2.75, 3.05) is 13.2 Å². The first kappa shape index (κ1) is 10.0. The van der Waals surface area contributed by atoms with E-state index in [0.717, 1.165) is 5.75 Å². The van der Waals surface area contributed by atoms with E-state index in [4.69, 9.17) is 10.6 Å². The summed E-state index contributed by atoms with van der Waals surface area (Å²) in [6, 6.07) is 5.98. The number of aryl methyl sites for hydroxylation is 2. The van der Waals surface area contributed by atoms with Crippen molar-refractivity contribution in [3.05, 3.63) is 29.3 Å². The Bertz CT molecular complexity index is 274. The Morgan fingerprint density at radius 3 is 2.54 bits per heavy atom. The Kier molecular flexibility index (Phi) is 3.73. The summed E-state index contributed by atoms with van der Waals surface area (Å²) >= 11 is 0. The smallest absolute Gasteiger partial charge is 0.119 e. The van der Waals surface area contributed by atoms with Gasteiger partial charge in [-0.15, -0.1) is 0 Å². The molecule has 3 heteroatoms. The zero-order valence-corrected chi connectivity index (χ0v) is 8.04. The molecule has 0 atom stereocenters. The molecular weight excluding hydrogens is 166 g/mol. The Hall–Kier alpha value is -1.06. The minimum Gasteiger partial charge on any atom is -0.491 e. The van der Waals surface area contributed by atoms with E-state index in [0.29, 0.717) is 13.2 Å². The SMILES string of the molecule is Cc1ccc(OCCON)cc1C. The molecule has 0 amide bonds. The van der Waals surface area contributed by atoms with Gasteiger partial charge in [0.25, 0.3) is 0 Å². The number of ether oxygens (including phenoxy) is 1. The van der Waals surface area contributed by atoms with Crippen molar-refractivity contribution in [2.24, 2.45) is 5.90 Å². The van der Waals surface area contributed by atoms with Crippen LogP contribution in [0.5, 0.6) is 5.75 Å². The van der Waals surface area contributed by atoms with Crippen molar-refractivity contribution in [3.63, 3.8) is 0 Å². The molecule has 0 unspecified atom stereocenters. The Morgan fingerprint density at radius 1 is 1.15 bits per heavy atom. The van der Waals surface area contributed by atoms with Gasteiger partial charge in [0.2, 0.25) is 0 Å². The van der Waals surface area contributed by atoms with Gasteiger partial charge in [-0.3, -0.25) is 0 Å².